The molecule has 0 unspecified atom stereocenters. The van der Waals surface area contributed by atoms with Gasteiger partial charge in [-0.25, -0.2) is 9.78 Å². The van der Waals surface area contributed by atoms with Crippen molar-refractivity contribution in [3.05, 3.63) is 23.9 Å². The van der Waals surface area contributed by atoms with Gasteiger partial charge in [0.25, 0.3) is 0 Å². The van der Waals surface area contributed by atoms with Gasteiger partial charge in [-0.1, -0.05) is 6.58 Å². The number of oxazole rings is 1. The average Bonchev–Trinajstić information content (AvgIpc) is 2.47. The third-order valence-electron chi connectivity index (χ3n) is 1.41. The SMILES string of the molecule is C=Cc1oc(C)nc1C(=O)OCC. The Morgan fingerprint density at radius 3 is 3.00 bits per heavy atom. The number of nitrogens with zero attached hydrogens (tertiary/aromatic N) is 1. The molecule has 0 N–H and O–H groups in total. The van der Waals surface area contributed by atoms with E-state index >= 15 is 0 Å². The van der Waals surface area contributed by atoms with Crippen molar-refractivity contribution in [1.82, 2.24) is 4.98 Å². The maximum Gasteiger partial charge on any atom is 0.360 e. The van der Waals surface area contributed by atoms with Crippen LogP contribution in [0, 0.1) is 6.92 Å². The molecule has 0 amide bonds. The van der Waals surface area contributed by atoms with Crippen molar-refractivity contribution < 1.29 is 13.9 Å². The molecule has 0 atom stereocenters. The smallest absolute Gasteiger partial charge is 0.360 e. The maximum absolute atomic E-state index is 11.2. The molecule has 0 radical (unpaired) electrons. The molecule has 13 heavy (non-hydrogen) atoms. The van der Waals surface area contributed by atoms with Gasteiger partial charge in [-0.15, -0.1) is 0 Å². The Morgan fingerprint density at radius 2 is 2.46 bits per heavy atom. The molecule has 70 valence electrons. The maximum atomic E-state index is 11.2. The van der Waals surface area contributed by atoms with Crippen LogP contribution in [0.4, 0.5) is 0 Å². The Kier molecular flexibility index (Phi) is 2.84. The summed E-state index contributed by atoms with van der Waals surface area (Å²) in [4.78, 5) is 15.1. The second-order valence-electron chi connectivity index (χ2n) is 2.37. The molecule has 1 heterocycles. The number of carbonyl (C=O) groups excluding carboxylic acids is 1. The zero-order valence-electron chi connectivity index (χ0n) is 7.66. The van der Waals surface area contributed by atoms with Crippen LogP contribution in [0.5, 0.6) is 0 Å². The first-order valence-electron chi connectivity index (χ1n) is 3.96. The van der Waals surface area contributed by atoms with Gasteiger partial charge < -0.3 is 9.15 Å². The minimum atomic E-state index is -0.478. The Labute approximate surface area is 76.2 Å². The summed E-state index contributed by atoms with van der Waals surface area (Å²) in [5, 5.41) is 0. The van der Waals surface area contributed by atoms with Crippen LogP contribution in [-0.2, 0) is 4.74 Å². The van der Waals surface area contributed by atoms with E-state index in [4.69, 9.17) is 9.15 Å². The monoisotopic (exact) mass is 181 g/mol. The standard InChI is InChI=1S/C9H11NO3/c1-4-7-8(9(11)12-5-2)10-6(3)13-7/h4H,1,5H2,2-3H3. The van der Waals surface area contributed by atoms with Crippen molar-refractivity contribution in [3.8, 4) is 0 Å². The first-order chi connectivity index (χ1) is 6.19. The number of rotatable bonds is 3. The Morgan fingerprint density at radius 1 is 1.77 bits per heavy atom. The van der Waals surface area contributed by atoms with Crippen LogP contribution in [0.15, 0.2) is 11.0 Å². The van der Waals surface area contributed by atoms with E-state index in [1.165, 1.54) is 6.08 Å². The highest BCUT2D eigenvalue weighted by atomic mass is 16.5. The molecule has 1 aromatic heterocycles. The summed E-state index contributed by atoms with van der Waals surface area (Å²) in [6.07, 6.45) is 1.44. The molecule has 0 saturated carbocycles. The van der Waals surface area contributed by atoms with E-state index in [1.54, 1.807) is 13.8 Å². The lowest BCUT2D eigenvalue weighted by molar-refractivity contribution is 0.0519. The van der Waals surface area contributed by atoms with Crippen molar-refractivity contribution in [2.45, 2.75) is 13.8 Å². The predicted molar refractivity (Wildman–Crippen MR) is 47.3 cm³/mol. The highest BCUT2D eigenvalue weighted by molar-refractivity contribution is 5.90. The van der Waals surface area contributed by atoms with E-state index in [-0.39, 0.29) is 5.69 Å². The molecule has 4 nitrogen and oxygen atoms in total. The summed E-state index contributed by atoms with van der Waals surface area (Å²) < 4.78 is 9.88. The summed E-state index contributed by atoms with van der Waals surface area (Å²) in [6, 6.07) is 0. The highest BCUT2D eigenvalue weighted by Crippen LogP contribution is 2.12. The van der Waals surface area contributed by atoms with E-state index < -0.39 is 5.97 Å². The first kappa shape index (κ1) is 9.51. The van der Waals surface area contributed by atoms with Gasteiger partial charge in [0.2, 0.25) is 0 Å². The third-order valence-corrected chi connectivity index (χ3v) is 1.41. The van der Waals surface area contributed by atoms with Gasteiger partial charge in [-0.05, 0) is 13.0 Å². The van der Waals surface area contributed by atoms with Crippen LogP contribution in [0.25, 0.3) is 6.08 Å². The zero-order valence-corrected chi connectivity index (χ0v) is 7.66. The van der Waals surface area contributed by atoms with E-state index in [1.807, 2.05) is 0 Å². The quantitative estimate of drug-likeness (QED) is 0.667. The summed E-state index contributed by atoms with van der Waals surface area (Å²) in [5.41, 5.74) is 0.189. The van der Waals surface area contributed by atoms with Gasteiger partial charge >= 0.3 is 5.97 Å². The molecular weight excluding hydrogens is 170 g/mol. The van der Waals surface area contributed by atoms with Crippen molar-refractivity contribution >= 4 is 12.0 Å². The number of aryl methyl sites for hydroxylation is 1. The van der Waals surface area contributed by atoms with Gasteiger partial charge in [0, 0.05) is 6.92 Å². The summed E-state index contributed by atoms with van der Waals surface area (Å²) in [7, 11) is 0. The lowest BCUT2D eigenvalue weighted by atomic mass is 10.3. The second kappa shape index (κ2) is 3.89. The number of esters is 1. The molecule has 0 aliphatic heterocycles. The van der Waals surface area contributed by atoms with E-state index in [0.29, 0.717) is 18.3 Å². The lowest BCUT2D eigenvalue weighted by Crippen LogP contribution is -2.06. The number of carbonyl (C=O) groups is 1. The number of ether oxygens (including phenoxy) is 1. The summed E-state index contributed by atoms with van der Waals surface area (Å²) in [6.45, 7) is 7.22. The van der Waals surface area contributed by atoms with Gasteiger partial charge in [0.1, 0.15) is 0 Å². The molecule has 0 saturated heterocycles. The topological polar surface area (TPSA) is 52.3 Å². The van der Waals surface area contributed by atoms with Gasteiger partial charge in [0.15, 0.2) is 17.3 Å². The number of hydrogen-bond donors (Lipinski definition) is 0. The highest BCUT2D eigenvalue weighted by Gasteiger charge is 2.17. The first-order valence-corrected chi connectivity index (χ1v) is 3.96. The predicted octanol–water partition coefficient (Wildman–Crippen LogP) is 1.80. The van der Waals surface area contributed by atoms with Crippen molar-refractivity contribution in [1.29, 1.82) is 0 Å². The van der Waals surface area contributed by atoms with E-state index in [9.17, 15) is 4.79 Å². The fourth-order valence-electron chi connectivity index (χ4n) is 0.927. The molecule has 0 bridgehead atoms. The molecular formula is C9H11NO3. The summed E-state index contributed by atoms with van der Waals surface area (Å²) in [5.74, 6) is 0.308. The molecule has 0 aliphatic carbocycles. The van der Waals surface area contributed by atoms with E-state index in [2.05, 4.69) is 11.6 Å². The van der Waals surface area contributed by atoms with Crippen LogP contribution in [0.2, 0.25) is 0 Å². The Bertz CT molecular complexity index is 328. The van der Waals surface area contributed by atoms with Gasteiger partial charge in [0.05, 0.1) is 6.61 Å². The Hall–Kier alpha value is -1.58. The minimum Gasteiger partial charge on any atom is -0.461 e. The number of hydrogen-bond acceptors (Lipinski definition) is 4. The third kappa shape index (κ3) is 1.96. The van der Waals surface area contributed by atoms with Crippen molar-refractivity contribution in [2.75, 3.05) is 6.61 Å². The molecule has 1 rings (SSSR count). The molecule has 4 heteroatoms. The molecule has 0 spiro atoms. The normalized spacial score (nSPS) is 9.69. The van der Waals surface area contributed by atoms with Crippen molar-refractivity contribution in [2.24, 2.45) is 0 Å². The molecule has 1 aromatic rings. The molecule has 0 fully saturated rings. The summed E-state index contributed by atoms with van der Waals surface area (Å²) >= 11 is 0. The van der Waals surface area contributed by atoms with Crippen LogP contribution in [0.3, 0.4) is 0 Å². The van der Waals surface area contributed by atoms with Gasteiger partial charge in [-0.2, -0.15) is 0 Å². The van der Waals surface area contributed by atoms with Crippen LogP contribution >= 0.6 is 0 Å². The van der Waals surface area contributed by atoms with E-state index in [0.717, 1.165) is 0 Å². The average molecular weight is 181 g/mol. The van der Waals surface area contributed by atoms with Crippen LogP contribution < -0.4 is 0 Å². The molecule has 0 aliphatic rings. The second-order valence-corrected chi connectivity index (χ2v) is 2.37. The van der Waals surface area contributed by atoms with Crippen molar-refractivity contribution in [3.63, 3.8) is 0 Å². The minimum absolute atomic E-state index is 0.189. The lowest BCUT2D eigenvalue weighted by Gasteiger charge is -1.96. The van der Waals surface area contributed by atoms with Gasteiger partial charge in [-0.3, -0.25) is 0 Å². The van der Waals surface area contributed by atoms with Crippen LogP contribution in [-0.4, -0.2) is 17.6 Å². The zero-order chi connectivity index (χ0) is 9.84. The van der Waals surface area contributed by atoms with Crippen LogP contribution in [0.1, 0.15) is 29.1 Å². The fraction of sp³-hybridized carbons (Fsp3) is 0.333. The fourth-order valence-corrected chi connectivity index (χ4v) is 0.927. The molecule has 0 aromatic carbocycles. The Balaban J connectivity index is 2.98. The largest absolute Gasteiger partial charge is 0.461 e. The number of aromatic nitrogens is 1.